The number of carbonyl (C=O) groups is 3. The molecule has 0 fully saturated rings. The minimum absolute atomic E-state index is 0.0163. The third-order valence-electron chi connectivity index (χ3n) is 9.83. The number of hydrogen-bond donors (Lipinski definition) is 3. The lowest BCUT2D eigenvalue weighted by molar-refractivity contribution is -0.124. The molecule has 4 aromatic carbocycles. The van der Waals surface area contributed by atoms with Crippen LogP contribution in [0.3, 0.4) is 0 Å². The van der Waals surface area contributed by atoms with E-state index in [2.05, 4.69) is 16.0 Å². The van der Waals surface area contributed by atoms with Crippen molar-refractivity contribution < 1.29 is 33.0 Å². The molecule has 3 aliphatic heterocycles. The van der Waals surface area contributed by atoms with Gasteiger partial charge in [0.05, 0.1) is 7.11 Å². The van der Waals surface area contributed by atoms with Crippen molar-refractivity contribution in [3.05, 3.63) is 137 Å². The molecule has 11 heteroatoms. The quantitative estimate of drug-likeness (QED) is 0.177. The van der Waals surface area contributed by atoms with Gasteiger partial charge in [-0.3, -0.25) is 4.79 Å². The van der Waals surface area contributed by atoms with E-state index in [9.17, 15) is 14.4 Å². The molecule has 0 saturated carbocycles. The van der Waals surface area contributed by atoms with Crippen LogP contribution in [0.2, 0.25) is 0 Å². The van der Waals surface area contributed by atoms with E-state index in [1.54, 1.807) is 0 Å². The molecule has 5 aromatic rings. The number of amides is 2. The number of fused-ring (bicyclic) bond motifs is 4. The van der Waals surface area contributed by atoms with E-state index < -0.39 is 41.7 Å². The molecule has 11 nitrogen and oxygen atoms in total. The zero-order chi connectivity index (χ0) is 35.3. The van der Waals surface area contributed by atoms with Gasteiger partial charge < -0.3 is 34.6 Å². The molecule has 0 aliphatic carbocycles. The fraction of sp³-hybridized carbons (Fsp3) is 0.250. The van der Waals surface area contributed by atoms with Gasteiger partial charge in [0.2, 0.25) is 11.8 Å². The summed E-state index contributed by atoms with van der Waals surface area (Å²) in [4.78, 5) is 45.5. The SMILES string of the molecule is COC(=O)c1nc2oc1[C@]13c4cc(ccc4OC1Nc1c(-c4ccccc4)cccc13)C[C@H](NC(=O)OCc1ccccc1)C(=O)N[C@H]2C(C)C. The number of oxazole rings is 1. The van der Waals surface area contributed by atoms with E-state index in [0.29, 0.717) is 5.75 Å². The Labute approximate surface area is 294 Å². The summed E-state index contributed by atoms with van der Waals surface area (Å²) in [6.45, 7) is 3.87. The fourth-order valence-corrected chi connectivity index (χ4v) is 7.38. The summed E-state index contributed by atoms with van der Waals surface area (Å²) in [6, 6.07) is 29.2. The van der Waals surface area contributed by atoms with Crippen LogP contribution in [0.25, 0.3) is 11.1 Å². The third-order valence-corrected chi connectivity index (χ3v) is 9.83. The van der Waals surface area contributed by atoms with Crippen molar-refractivity contribution in [1.29, 1.82) is 0 Å². The van der Waals surface area contributed by atoms with Crippen LogP contribution < -0.4 is 20.7 Å². The lowest BCUT2D eigenvalue weighted by Crippen LogP contribution is -2.49. The molecule has 4 bridgehead atoms. The summed E-state index contributed by atoms with van der Waals surface area (Å²) < 4.78 is 24.2. The summed E-state index contributed by atoms with van der Waals surface area (Å²) in [7, 11) is 1.30. The normalized spacial score (nSPS) is 21.2. The summed E-state index contributed by atoms with van der Waals surface area (Å²) in [5, 5.41) is 9.45. The van der Waals surface area contributed by atoms with Gasteiger partial charge in [0, 0.05) is 28.8 Å². The molecule has 1 aromatic heterocycles. The number of ether oxygens (including phenoxy) is 3. The summed E-state index contributed by atoms with van der Waals surface area (Å²) in [5.41, 5.74) is 4.71. The highest BCUT2D eigenvalue weighted by Gasteiger charge is 2.61. The van der Waals surface area contributed by atoms with Crippen molar-refractivity contribution in [3.8, 4) is 16.9 Å². The van der Waals surface area contributed by atoms with Crippen molar-refractivity contribution in [2.24, 2.45) is 5.92 Å². The largest absolute Gasteiger partial charge is 0.469 e. The third kappa shape index (κ3) is 5.36. The number of esters is 1. The van der Waals surface area contributed by atoms with Gasteiger partial charge in [-0.2, -0.15) is 0 Å². The smallest absolute Gasteiger partial charge is 0.408 e. The lowest BCUT2D eigenvalue weighted by Gasteiger charge is -2.28. The van der Waals surface area contributed by atoms with Gasteiger partial charge in [-0.05, 0) is 28.7 Å². The Kier molecular flexibility index (Phi) is 7.97. The highest BCUT2D eigenvalue weighted by atomic mass is 16.5. The monoisotopic (exact) mass is 684 g/mol. The molecule has 0 saturated heterocycles. The van der Waals surface area contributed by atoms with Crippen LogP contribution in [0.5, 0.6) is 5.75 Å². The minimum Gasteiger partial charge on any atom is -0.469 e. The topological polar surface area (TPSA) is 141 Å². The molecule has 0 radical (unpaired) electrons. The maximum Gasteiger partial charge on any atom is 0.408 e. The van der Waals surface area contributed by atoms with Crippen LogP contribution in [0.1, 0.15) is 64.3 Å². The van der Waals surface area contributed by atoms with Gasteiger partial charge >= 0.3 is 12.1 Å². The number of benzene rings is 4. The summed E-state index contributed by atoms with van der Waals surface area (Å²) >= 11 is 0. The molecular weight excluding hydrogens is 648 g/mol. The molecule has 1 spiro atoms. The van der Waals surface area contributed by atoms with Crippen molar-refractivity contribution in [1.82, 2.24) is 15.6 Å². The minimum atomic E-state index is -1.18. The van der Waals surface area contributed by atoms with Gasteiger partial charge in [-0.25, -0.2) is 14.6 Å². The first kappa shape index (κ1) is 32.1. The standard InChI is InChI=1S/C40H36N4O7/c1-22(2)31-36-43-33(37(46)48-3)34(51-36)40-27-16-10-15-26(25-13-8-5-9-14-25)32(27)44-38(40)50-30-18-17-24(19-28(30)40)20-29(35(45)42-31)41-39(47)49-21-23-11-6-4-7-12-23/h4-19,22,29,31,38,44H,20-21H2,1-3H3,(H,41,47)(H,42,45)/t29-,31-,38?,40-/m0/s1. The Morgan fingerprint density at radius 3 is 2.47 bits per heavy atom. The lowest BCUT2D eigenvalue weighted by atomic mass is 9.72. The molecule has 2 amide bonds. The van der Waals surface area contributed by atoms with E-state index in [4.69, 9.17) is 23.6 Å². The average Bonchev–Trinajstić information content (AvgIpc) is 3.82. The Morgan fingerprint density at radius 2 is 1.73 bits per heavy atom. The molecule has 4 heterocycles. The first-order valence-electron chi connectivity index (χ1n) is 16.9. The number of hydrogen-bond acceptors (Lipinski definition) is 9. The number of methoxy groups -OCH3 is 1. The Morgan fingerprint density at radius 1 is 0.961 bits per heavy atom. The Balaban J connectivity index is 1.29. The second-order valence-corrected chi connectivity index (χ2v) is 13.3. The highest BCUT2D eigenvalue weighted by molar-refractivity contribution is 5.92. The van der Waals surface area contributed by atoms with E-state index in [0.717, 1.165) is 39.1 Å². The zero-order valence-electron chi connectivity index (χ0n) is 28.3. The number of aromatic nitrogens is 1. The van der Waals surface area contributed by atoms with Gasteiger partial charge in [0.15, 0.2) is 17.7 Å². The van der Waals surface area contributed by atoms with Crippen molar-refractivity contribution in [3.63, 3.8) is 0 Å². The molecule has 1 unspecified atom stereocenters. The van der Waals surface area contributed by atoms with Gasteiger partial charge in [-0.1, -0.05) is 105 Å². The molecule has 3 aliphatic rings. The highest BCUT2D eigenvalue weighted by Crippen LogP contribution is 2.60. The zero-order valence-corrected chi connectivity index (χ0v) is 28.3. The predicted molar refractivity (Wildman–Crippen MR) is 187 cm³/mol. The summed E-state index contributed by atoms with van der Waals surface area (Å²) in [5.74, 6) is -0.412. The van der Waals surface area contributed by atoms with E-state index in [1.165, 1.54) is 7.11 Å². The first-order valence-corrected chi connectivity index (χ1v) is 16.9. The second kappa shape index (κ2) is 12.7. The van der Waals surface area contributed by atoms with Crippen molar-refractivity contribution in [2.75, 3.05) is 12.4 Å². The number of nitrogens with one attached hydrogen (secondary N) is 3. The van der Waals surface area contributed by atoms with Gasteiger partial charge in [0.1, 0.15) is 29.9 Å². The Bertz CT molecular complexity index is 2150. The molecule has 258 valence electrons. The van der Waals surface area contributed by atoms with Crippen LogP contribution in [-0.2, 0) is 32.7 Å². The molecule has 4 atom stereocenters. The van der Waals surface area contributed by atoms with Crippen LogP contribution in [0.4, 0.5) is 10.5 Å². The molecule has 51 heavy (non-hydrogen) atoms. The molecule has 3 N–H and O–H groups in total. The van der Waals surface area contributed by atoms with Crippen molar-refractivity contribution >= 4 is 23.7 Å². The average molecular weight is 685 g/mol. The number of nitrogens with zero attached hydrogens (tertiary/aromatic N) is 1. The Hall–Kier alpha value is -6.10. The second-order valence-electron chi connectivity index (χ2n) is 13.3. The maximum atomic E-state index is 14.0. The van der Waals surface area contributed by atoms with Crippen LogP contribution >= 0.6 is 0 Å². The summed E-state index contributed by atoms with van der Waals surface area (Å²) in [6.07, 6.45) is -1.31. The number of rotatable bonds is 6. The predicted octanol–water partition coefficient (Wildman–Crippen LogP) is 6.27. The fourth-order valence-electron chi connectivity index (χ4n) is 7.38. The van der Waals surface area contributed by atoms with Crippen LogP contribution in [-0.4, -0.2) is 42.3 Å². The number of carbonyl (C=O) groups excluding carboxylic acids is 3. The molecule has 8 rings (SSSR count). The number of alkyl carbamates (subject to hydrolysis) is 1. The van der Waals surface area contributed by atoms with Crippen LogP contribution in [0.15, 0.2) is 101 Å². The maximum absolute atomic E-state index is 14.0. The van der Waals surface area contributed by atoms with Crippen molar-refractivity contribution in [2.45, 2.75) is 50.6 Å². The van der Waals surface area contributed by atoms with E-state index in [-0.39, 0.29) is 36.3 Å². The number of para-hydroxylation sites is 1. The van der Waals surface area contributed by atoms with E-state index in [1.807, 2.05) is 111 Å². The van der Waals surface area contributed by atoms with Gasteiger partial charge in [-0.15, -0.1) is 0 Å². The number of anilines is 1. The van der Waals surface area contributed by atoms with Crippen LogP contribution in [0, 0.1) is 5.92 Å². The van der Waals surface area contributed by atoms with Gasteiger partial charge in [0.25, 0.3) is 0 Å². The molecular formula is C40H36N4O7. The van der Waals surface area contributed by atoms with E-state index >= 15 is 0 Å². The first-order chi connectivity index (χ1) is 24.8.